The molecule has 16 rings (SSSR count). The van der Waals surface area contributed by atoms with Crippen LogP contribution in [0.4, 0.5) is 64.3 Å². The van der Waals surface area contributed by atoms with Crippen LogP contribution in [0.3, 0.4) is 0 Å². The van der Waals surface area contributed by atoms with Gasteiger partial charge in [0.15, 0.2) is 17.4 Å². The summed E-state index contributed by atoms with van der Waals surface area (Å²) in [6.07, 6.45) is -11.1. The van der Waals surface area contributed by atoms with Crippen LogP contribution in [-0.4, -0.2) is 52.1 Å². The standard InChI is InChI=1S/C31H26F3N3O.C26H22F3NO.C23H15F6N3O.C20H21NO/c1-21-11-15-23(16-12-21)19-36(30(38)25-7-4-3-5-8-25)29-26-9-6-10-27(31(32,33)34)28(26)37(35-29)20-24-17-13-22(2)14-18-24;1-18-6-8-20(9-7-18)16-30-17-21(24-4-2-3-5-25(24)30)15-23(31)14-19-10-12-22(13-11-19)26(27,28)29;24-22(25,26)16-11-9-14(10-12-16)13-32-19-17(7-4-8-18(19)23(27,28)29)20(31-32)30-21(33)15-5-2-1-3-6-15;1-2-3-13-21-15-18(17-11-7-8-12-19(17)21)20(22)14-16-9-5-4-6-10-16/h3-18H,19-20H2,1-2H3;2-13,17H,14-16H2,1H3;1-12H,13H2,(H,30,31,33);4-12,15H,2-3,13-14H2,1H3. The molecule has 1 N–H and O–H groups in total. The third-order valence-electron chi connectivity index (χ3n) is 20.9. The first-order chi connectivity index (χ1) is 59.3. The van der Waals surface area contributed by atoms with Gasteiger partial charge in [-0.25, -0.2) is 0 Å². The summed E-state index contributed by atoms with van der Waals surface area (Å²) in [5.41, 5.74) is 9.13. The molecule has 12 nitrogen and oxygen atoms in total. The van der Waals surface area contributed by atoms with Crippen molar-refractivity contribution in [2.45, 2.75) is 117 Å². The molecule has 0 atom stereocenters. The molecule has 16 aromatic rings. The van der Waals surface area contributed by atoms with Crippen LogP contribution >= 0.6 is 0 Å². The second-order valence-corrected chi connectivity index (χ2v) is 30.2. The maximum atomic E-state index is 14.2. The first-order valence-electron chi connectivity index (χ1n) is 39.9. The van der Waals surface area contributed by atoms with E-state index in [1.807, 2.05) is 148 Å². The van der Waals surface area contributed by atoms with Crippen LogP contribution < -0.4 is 10.2 Å². The van der Waals surface area contributed by atoms with E-state index in [1.165, 1.54) is 75.3 Å². The molecule has 2 amide bonds. The van der Waals surface area contributed by atoms with Gasteiger partial charge in [0.1, 0.15) is 5.78 Å². The van der Waals surface area contributed by atoms with E-state index in [0.717, 1.165) is 121 Å². The molecular formula is C100H84F12N8O4. The first kappa shape index (κ1) is 87.9. The number of hydrogen-bond donors (Lipinski definition) is 1. The lowest BCUT2D eigenvalue weighted by Gasteiger charge is -2.21. The van der Waals surface area contributed by atoms with Gasteiger partial charge in [-0.1, -0.05) is 242 Å². The Hall–Kier alpha value is -13.9. The van der Waals surface area contributed by atoms with E-state index in [1.54, 1.807) is 48.5 Å². The number of alkyl halides is 12. The summed E-state index contributed by atoms with van der Waals surface area (Å²) < 4.78 is 167. The van der Waals surface area contributed by atoms with Crippen molar-refractivity contribution in [2.75, 3.05) is 10.2 Å². The largest absolute Gasteiger partial charge is 0.418 e. The van der Waals surface area contributed by atoms with Crippen LogP contribution in [0, 0.1) is 20.8 Å². The van der Waals surface area contributed by atoms with Gasteiger partial charge in [-0.3, -0.25) is 33.4 Å². The Bertz CT molecular complexity index is 6380. The van der Waals surface area contributed by atoms with Crippen molar-refractivity contribution in [1.82, 2.24) is 28.7 Å². The van der Waals surface area contributed by atoms with E-state index < -0.39 is 52.9 Å². The zero-order valence-corrected chi connectivity index (χ0v) is 67.8. The number of hydrogen-bond acceptors (Lipinski definition) is 6. The van der Waals surface area contributed by atoms with Crippen molar-refractivity contribution < 1.29 is 71.9 Å². The predicted molar refractivity (Wildman–Crippen MR) is 460 cm³/mol. The van der Waals surface area contributed by atoms with Gasteiger partial charge in [-0.15, -0.1) is 0 Å². The second kappa shape index (κ2) is 38.4. The summed E-state index contributed by atoms with van der Waals surface area (Å²) in [5.74, 6) is -0.639. The lowest BCUT2D eigenvalue weighted by molar-refractivity contribution is -0.138. The van der Waals surface area contributed by atoms with Crippen molar-refractivity contribution in [3.63, 3.8) is 0 Å². The highest BCUT2D eigenvalue weighted by atomic mass is 19.4. The molecule has 4 heterocycles. The minimum absolute atomic E-state index is 0.0296. The lowest BCUT2D eigenvalue weighted by Crippen LogP contribution is -2.31. The molecule has 632 valence electrons. The molecule has 24 heteroatoms. The smallest absolute Gasteiger partial charge is 0.347 e. The SMILES string of the molecule is CCCCn1cc(C(=O)Cc2ccccc2)c2ccccc21.Cc1ccc(CN(C(=O)c2ccccc2)c2nn(Cc3ccc(C)cc3)c3c(C(F)(F)F)cccc23)cc1.Cc1ccc(Cn2cc(CC(=O)Cc3ccc(C(F)(F)F)cc3)c3ccccc32)cc1.O=C(Nc1nn(Cc2ccc(C(F)(F)F)cc2)c2c(C(F)(F)F)cccc12)c1ccccc1. The number of rotatable bonds is 22. The average Bonchev–Trinajstić information content (AvgIpc) is 1.62. The van der Waals surface area contributed by atoms with E-state index in [9.17, 15) is 71.9 Å². The summed E-state index contributed by atoms with van der Waals surface area (Å²) in [6, 6.07) is 82.8. The Morgan fingerprint density at radius 2 is 0.806 bits per heavy atom. The van der Waals surface area contributed by atoms with Crippen LogP contribution in [0.1, 0.15) is 129 Å². The summed E-state index contributed by atoms with van der Waals surface area (Å²) in [5, 5.41) is 13.8. The van der Waals surface area contributed by atoms with Crippen LogP contribution in [0.2, 0.25) is 0 Å². The summed E-state index contributed by atoms with van der Waals surface area (Å²) >= 11 is 0. The number of ketones is 2. The highest BCUT2D eigenvalue weighted by Crippen LogP contribution is 2.42. The highest BCUT2D eigenvalue weighted by Gasteiger charge is 2.38. The Morgan fingerprint density at radius 3 is 1.33 bits per heavy atom. The Balaban J connectivity index is 0.000000144. The molecule has 0 aliphatic rings. The molecule has 0 bridgehead atoms. The molecule has 4 aromatic heterocycles. The van der Waals surface area contributed by atoms with Gasteiger partial charge in [-0.2, -0.15) is 62.9 Å². The zero-order valence-electron chi connectivity index (χ0n) is 67.8. The molecule has 0 fully saturated rings. The minimum atomic E-state index is -4.71. The van der Waals surface area contributed by atoms with E-state index in [0.29, 0.717) is 29.7 Å². The van der Waals surface area contributed by atoms with Gasteiger partial charge in [0.05, 0.1) is 52.9 Å². The van der Waals surface area contributed by atoms with Gasteiger partial charge in [0, 0.05) is 94.0 Å². The Kier molecular flexibility index (Phi) is 27.3. The second-order valence-electron chi connectivity index (χ2n) is 30.2. The summed E-state index contributed by atoms with van der Waals surface area (Å²) in [6.45, 7) is 9.87. The number of benzene rings is 12. The number of carbonyl (C=O) groups excluding carboxylic acids is 4. The van der Waals surface area contributed by atoms with Crippen molar-refractivity contribution >= 4 is 78.6 Å². The molecule has 0 aliphatic heterocycles. The Morgan fingerprint density at radius 1 is 0.379 bits per heavy atom. The number of para-hydroxylation sites is 4. The zero-order chi connectivity index (χ0) is 88.0. The number of anilines is 2. The minimum Gasteiger partial charge on any atom is -0.347 e. The monoisotopic (exact) mass is 1690 g/mol. The summed E-state index contributed by atoms with van der Waals surface area (Å²) in [4.78, 5) is 53.2. The number of fused-ring (bicyclic) bond motifs is 4. The molecule has 12 aromatic carbocycles. The predicted octanol–water partition coefficient (Wildman–Crippen LogP) is 25.2. The molecule has 124 heavy (non-hydrogen) atoms. The van der Waals surface area contributed by atoms with Gasteiger partial charge < -0.3 is 14.5 Å². The van der Waals surface area contributed by atoms with Gasteiger partial charge in [-0.05, 0) is 151 Å². The number of nitrogens with zero attached hydrogens (tertiary/aromatic N) is 7. The number of halogens is 12. The summed E-state index contributed by atoms with van der Waals surface area (Å²) in [7, 11) is 0. The number of unbranched alkanes of at least 4 members (excludes halogenated alkanes) is 1. The fourth-order valence-corrected chi connectivity index (χ4v) is 14.6. The van der Waals surface area contributed by atoms with E-state index in [2.05, 4.69) is 74.9 Å². The fourth-order valence-electron chi connectivity index (χ4n) is 14.6. The van der Waals surface area contributed by atoms with E-state index >= 15 is 0 Å². The molecule has 0 saturated heterocycles. The molecular weight excluding hydrogens is 1610 g/mol. The number of aryl methyl sites for hydroxylation is 4. The molecule has 0 spiro atoms. The normalized spacial score (nSPS) is 11.7. The van der Waals surface area contributed by atoms with E-state index in [4.69, 9.17) is 0 Å². The van der Waals surface area contributed by atoms with Crippen molar-refractivity contribution in [1.29, 1.82) is 0 Å². The molecule has 0 aliphatic carbocycles. The van der Waals surface area contributed by atoms with Crippen LogP contribution in [-0.2, 0) is 81.5 Å². The topological polar surface area (TPSA) is 129 Å². The quantitative estimate of drug-likeness (QED) is 0.0531. The molecule has 0 saturated carbocycles. The van der Waals surface area contributed by atoms with Crippen LogP contribution in [0.25, 0.3) is 43.6 Å². The van der Waals surface area contributed by atoms with Crippen molar-refractivity contribution in [2.24, 2.45) is 0 Å². The number of amides is 2. The maximum Gasteiger partial charge on any atom is 0.418 e. The number of nitrogens with one attached hydrogen (secondary N) is 1. The highest BCUT2D eigenvalue weighted by molar-refractivity contribution is 6.11. The van der Waals surface area contributed by atoms with Gasteiger partial charge >= 0.3 is 24.7 Å². The lowest BCUT2D eigenvalue weighted by atomic mass is 10.0. The number of Topliss-reactive ketones (excluding diaryl/α,β-unsaturated/α-hetero) is 2. The first-order valence-corrected chi connectivity index (χ1v) is 39.9. The molecule has 0 radical (unpaired) electrons. The van der Waals surface area contributed by atoms with Crippen LogP contribution in [0.5, 0.6) is 0 Å². The molecule has 0 unspecified atom stereocenters. The third-order valence-corrected chi connectivity index (χ3v) is 20.9. The van der Waals surface area contributed by atoms with Crippen molar-refractivity contribution in [3.05, 3.63) is 404 Å². The number of carbonyl (C=O) groups is 4. The van der Waals surface area contributed by atoms with E-state index in [-0.39, 0.29) is 89.0 Å². The van der Waals surface area contributed by atoms with Crippen molar-refractivity contribution in [3.8, 4) is 0 Å². The van der Waals surface area contributed by atoms with Gasteiger partial charge in [0.25, 0.3) is 11.8 Å². The van der Waals surface area contributed by atoms with Gasteiger partial charge in [0.2, 0.25) is 0 Å². The number of aromatic nitrogens is 6. The fraction of sp³-hybridized carbons (Fsp3) is 0.180. The van der Waals surface area contributed by atoms with Crippen LogP contribution in [0.15, 0.2) is 310 Å². The average molecular weight is 1690 g/mol. The third kappa shape index (κ3) is 21.9. The Labute approximate surface area is 707 Å². The maximum absolute atomic E-state index is 14.2.